The number of amides is 2. The molecule has 1 aliphatic heterocycles. The summed E-state index contributed by atoms with van der Waals surface area (Å²) in [6, 6.07) is 10.1. The number of hydrogen-bond donors (Lipinski definition) is 1. The zero-order valence-electron chi connectivity index (χ0n) is 11.6. The third-order valence-electron chi connectivity index (χ3n) is 4.52. The molecule has 3 rings (SSSR count). The second kappa shape index (κ2) is 5.27. The van der Waals surface area contributed by atoms with Crippen LogP contribution in [0.2, 0.25) is 0 Å². The first-order valence-corrected chi connectivity index (χ1v) is 7.34. The van der Waals surface area contributed by atoms with Gasteiger partial charge in [0.25, 0.3) is 0 Å². The molecule has 0 radical (unpaired) electrons. The summed E-state index contributed by atoms with van der Waals surface area (Å²) in [5, 5.41) is 2.78. The predicted octanol–water partition coefficient (Wildman–Crippen LogP) is 1.46. The minimum absolute atomic E-state index is 0.0502. The van der Waals surface area contributed by atoms with Gasteiger partial charge in [0, 0.05) is 13.1 Å². The number of hydrogen-bond acceptors (Lipinski definition) is 2. The van der Waals surface area contributed by atoms with Crippen LogP contribution in [0.1, 0.15) is 31.2 Å². The van der Waals surface area contributed by atoms with E-state index in [2.05, 4.69) is 5.32 Å². The molecule has 0 spiro atoms. The van der Waals surface area contributed by atoms with Crippen LogP contribution in [0.4, 0.5) is 0 Å². The van der Waals surface area contributed by atoms with Gasteiger partial charge in [-0.3, -0.25) is 9.59 Å². The fourth-order valence-electron chi connectivity index (χ4n) is 3.48. The molecule has 0 unspecified atom stereocenters. The summed E-state index contributed by atoms with van der Waals surface area (Å²) in [7, 11) is 0. The Kier molecular flexibility index (Phi) is 3.47. The monoisotopic (exact) mass is 272 g/mol. The van der Waals surface area contributed by atoms with Crippen LogP contribution >= 0.6 is 0 Å². The molecule has 106 valence electrons. The maximum atomic E-state index is 13.0. The van der Waals surface area contributed by atoms with E-state index in [0.29, 0.717) is 13.1 Å². The van der Waals surface area contributed by atoms with Crippen molar-refractivity contribution in [1.82, 2.24) is 10.2 Å². The summed E-state index contributed by atoms with van der Waals surface area (Å²) in [5.74, 6) is 0.0851. The van der Waals surface area contributed by atoms with Crippen molar-refractivity contribution in [3.05, 3.63) is 35.9 Å². The van der Waals surface area contributed by atoms with Crippen molar-refractivity contribution in [2.75, 3.05) is 19.6 Å². The van der Waals surface area contributed by atoms with Crippen molar-refractivity contribution in [2.24, 2.45) is 0 Å². The average molecular weight is 272 g/mol. The zero-order valence-corrected chi connectivity index (χ0v) is 11.6. The van der Waals surface area contributed by atoms with Crippen LogP contribution in [0.25, 0.3) is 0 Å². The van der Waals surface area contributed by atoms with Crippen molar-refractivity contribution in [3.8, 4) is 0 Å². The maximum absolute atomic E-state index is 13.0. The van der Waals surface area contributed by atoms with Gasteiger partial charge in [0.05, 0.1) is 12.0 Å². The van der Waals surface area contributed by atoms with E-state index in [1.165, 1.54) is 0 Å². The fraction of sp³-hybridized carbons (Fsp3) is 0.500. The van der Waals surface area contributed by atoms with Crippen LogP contribution < -0.4 is 5.32 Å². The van der Waals surface area contributed by atoms with Gasteiger partial charge < -0.3 is 10.2 Å². The molecule has 1 saturated heterocycles. The highest BCUT2D eigenvalue weighted by Crippen LogP contribution is 2.42. The molecule has 1 N–H and O–H groups in total. The number of piperazine rings is 1. The molecule has 1 aromatic rings. The van der Waals surface area contributed by atoms with Crippen molar-refractivity contribution >= 4 is 11.8 Å². The molecule has 2 fully saturated rings. The number of nitrogens with one attached hydrogen (secondary N) is 1. The maximum Gasteiger partial charge on any atom is 0.239 e. The Morgan fingerprint density at radius 3 is 2.50 bits per heavy atom. The van der Waals surface area contributed by atoms with Crippen molar-refractivity contribution in [1.29, 1.82) is 0 Å². The lowest BCUT2D eigenvalue weighted by Gasteiger charge is -2.36. The Hall–Kier alpha value is -1.84. The third kappa shape index (κ3) is 2.19. The molecule has 0 bridgehead atoms. The Balaban J connectivity index is 1.90. The number of benzene rings is 1. The van der Waals surface area contributed by atoms with Crippen LogP contribution in [0, 0.1) is 0 Å². The second-order valence-corrected chi connectivity index (χ2v) is 5.73. The first kappa shape index (κ1) is 13.2. The van der Waals surface area contributed by atoms with E-state index in [0.717, 1.165) is 31.2 Å². The van der Waals surface area contributed by atoms with E-state index in [9.17, 15) is 9.59 Å². The summed E-state index contributed by atoms with van der Waals surface area (Å²) >= 11 is 0. The molecule has 0 atom stereocenters. The highest BCUT2D eigenvalue weighted by molar-refractivity contribution is 5.92. The third-order valence-corrected chi connectivity index (χ3v) is 4.52. The molecule has 20 heavy (non-hydrogen) atoms. The van der Waals surface area contributed by atoms with Crippen LogP contribution in [0.15, 0.2) is 30.3 Å². The first-order valence-electron chi connectivity index (χ1n) is 7.34. The standard InChI is InChI=1S/C16H20N2O2/c19-14-12-18(11-10-17-14)15(20)16(8-4-5-9-16)13-6-2-1-3-7-13/h1-3,6-7H,4-5,8-12H2,(H,17,19). The van der Waals surface area contributed by atoms with E-state index in [1.807, 2.05) is 30.3 Å². The molecule has 1 aliphatic carbocycles. The SMILES string of the molecule is O=C1CN(C(=O)C2(c3ccccc3)CCCC2)CCN1. The van der Waals surface area contributed by atoms with Crippen LogP contribution in [-0.4, -0.2) is 36.3 Å². The quantitative estimate of drug-likeness (QED) is 0.886. The first-order chi connectivity index (χ1) is 9.72. The fourth-order valence-corrected chi connectivity index (χ4v) is 3.48. The van der Waals surface area contributed by atoms with Gasteiger partial charge in [0.15, 0.2) is 0 Å². The lowest BCUT2D eigenvalue weighted by atomic mass is 9.77. The molecule has 2 amide bonds. The van der Waals surface area contributed by atoms with Crippen LogP contribution in [0.3, 0.4) is 0 Å². The topological polar surface area (TPSA) is 49.4 Å². The summed E-state index contributed by atoms with van der Waals surface area (Å²) in [5.41, 5.74) is 0.701. The Morgan fingerprint density at radius 1 is 1.15 bits per heavy atom. The normalized spacial score (nSPS) is 21.6. The number of nitrogens with zero attached hydrogens (tertiary/aromatic N) is 1. The summed E-state index contributed by atoms with van der Waals surface area (Å²) in [6.45, 7) is 1.39. The largest absolute Gasteiger partial charge is 0.353 e. The minimum atomic E-state index is -0.404. The Morgan fingerprint density at radius 2 is 1.85 bits per heavy atom. The van der Waals surface area contributed by atoms with E-state index in [4.69, 9.17) is 0 Å². The zero-order chi connectivity index (χ0) is 14.0. The van der Waals surface area contributed by atoms with E-state index in [1.54, 1.807) is 4.90 Å². The van der Waals surface area contributed by atoms with Gasteiger partial charge in [-0.05, 0) is 18.4 Å². The van der Waals surface area contributed by atoms with Gasteiger partial charge in [-0.2, -0.15) is 0 Å². The van der Waals surface area contributed by atoms with Crippen molar-refractivity contribution in [3.63, 3.8) is 0 Å². The Labute approximate surface area is 119 Å². The highest BCUT2D eigenvalue weighted by atomic mass is 16.2. The van der Waals surface area contributed by atoms with E-state index < -0.39 is 5.41 Å². The van der Waals surface area contributed by atoms with Gasteiger partial charge >= 0.3 is 0 Å². The van der Waals surface area contributed by atoms with Crippen LogP contribution in [0.5, 0.6) is 0 Å². The molecule has 1 aromatic carbocycles. The van der Waals surface area contributed by atoms with E-state index >= 15 is 0 Å². The van der Waals surface area contributed by atoms with Gasteiger partial charge in [0.1, 0.15) is 0 Å². The van der Waals surface area contributed by atoms with E-state index in [-0.39, 0.29) is 18.4 Å². The molecule has 1 saturated carbocycles. The number of rotatable bonds is 2. The molecule has 1 heterocycles. The number of carbonyl (C=O) groups excluding carboxylic acids is 2. The number of carbonyl (C=O) groups is 2. The Bertz CT molecular complexity index is 506. The molecule has 4 heteroatoms. The van der Waals surface area contributed by atoms with Gasteiger partial charge in [-0.15, -0.1) is 0 Å². The molecule has 4 nitrogen and oxygen atoms in total. The smallest absolute Gasteiger partial charge is 0.239 e. The highest BCUT2D eigenvalue weighted by Gasteiger charge is 2.45. The lowest BCUT2D eigenvalue weighted by molar-refractivity contribution is -0.142. The van der Waals surface area contributed by atoms with Gasteiger partial charge in [-0.1, -0.05) is 43.2 Å². The summed E-state index contributed by atoms with van der Waals surface area (Å²) < 4.78 is 0. The second-order valence-electron chi connectivity index (χ2n) is 5.73. The molecule has 0 aromatic heterocycles. The summed E-state index contributed by atoms with van der Waals surface area (Å²) in [4.78, 5) is 26.3. The average Bonchev–Trinajstić information content (AvgIpc) is 2.98. The molecule has 2 aliphatic rings. The van der Waals surface area contributed by atoms with Crippen LogP contribution in [-0.2, 0) is 15.0 Å². The van der Waals surface area contributed by atoms with Gasteiger partial charge in [-0.25, -0.2) is 0 Å². The van der Waals surface area contributed by atoms with Crippen molar-refractivity contribution in [2.45, 2.75) is 31.1 Å². The molecular formula is C16H20N2O2. The molecular weight excluding hydrogens is 252 g/mol. The minimum Gasteiger partial charge on any atom is -0.353 e. The van der Waals surface area contributed by atoms with Gasteiger partial charge in [0.2, 0.25) is 11.8 Å². The van der Waals surface area contributed by atoms with Crippen molar-refractivity contribution < 1.29 is 9.59 Å². The predicted molar refractivity (Wildman–Crippen MR) is 76.2 cm³/mol. The summed E-state index contributed by atoms with van der Waals surface area (Å²) in [6.07, 6.45) is 3.96. The lowest BCUT2D eigenvalue weighted by Crippen LogP contribution is -2.55.